The van der Waals surface area contributed by atoms with Gasteiger partial charge in [-0.05, 0) is 63.4 Å². The highest BCUT2D eigenvalue weighted by atomic mass is 16.5. The second-order valence-electron chi connectivity index (χ2n) is 7.53. The van der Waals surface area contributed by atoms with Crippen molar-refractivity contribution in [2.75, 3.05) is 46.9 Å². The zero-order chi connectivity index (χ0) is 20.8. The minimum absolute atomic E-state index is 0.102. The Balaban J connectivity index is 2.71. The molecule has 0 saturated carbocycles. The molecule has 0 aliphatic rings. The normalized spacial score (nSPS) is 12.3. The van der Waals surface area contributed by atoms with Crippen molar-refractivity contribution in [1.29, 1.82) is 0 Å². The number of aliphatic hydroxyl groups is 1. The van der Waals surface area contributed by atoms with E-state index in [9.17, 15) is 5.11 Å². The average molecular weight is 393 g/mol. The Labute approximate surface area is 171 Å². The molecule has 0 radical (unpaired) electrons. The number of likely N-dealkylation sites (N-methyl/N-ethyl adjacent to an activating group) is 1. The molecular formula is C22H40N4O2. The van der Waals surface area contributed by atoms with E-state index in [4.69, 9.17) is 9.73 Å². The number of nitrogens with zero attached hydrogens (tertiary/aromatic N) is 2. The van der Waals surface area contributed by atoms with Crippen LogP contribution in [0.2, 0.25) is 0 Å². The molecule has 0 amide bonds. The predicted molar refractivity (Wildman–Crippen MR) is 118 cm³/mol. The molecule has 160 valence electrons. The van der Waals surface area contributed by atoms with Gasteiger partial charge in [0.2, 0.25) is 0 Å². The summed E-state index contributed by atoms with van der Waals surface area (Å²) in [5.41, 5.74) is 1.22. The van der Waals surface area contributed by atoms with E-state index in [-0.39, 0.29) is 12.0 Å². The minimum Gasteiger partial charge on any atom is -0.492 e. The van der Waals surface area contributed by atoms with Crippen LogP contribution in [0.1, 0.15) is 45.6 Å². The zero-order valence-corrected chi connectivity index (χ0v) is 18.4. The van der Waals surface area contributed by atoms with Gasteiger partial charge in [0.05, 0.1) is 6.54 Å². The Kier molecular flexibility index (Phi) is 11.6. The molecule has 0 saturated heterocycles. The Hall–Kier alpha value is -1.79. The zero-order valence-electron chi connectivity index (χ0n) is 18.4. The van der Waals surface area contributed by atoms with Crippen molar-refractivity contribution >= 4 is 5.96 Å². The van der Waals surface area contributed by atoms with E-state index in [1.807, 2.05) is 26.2 Å². The van der Waals surface area contributed by atoms with Crippen LogP contribution in [0.4, 0.5) is 0 Å². The van der Waals surface area contributed by atoms with Crippen LogP contribution in [-0.2, 0) is 6.54 Å². The van der Waals surface area contributed by atoms with Crippen molar-refractivity contribution in [2.45, 2.75) is 46.6 Å². The lowest BCUT2D eigenvalue weighted by atomic mass is 9.79. The van der Waals surface area contributed by atoms with Gasteiger partial charge in [-0.2, -0.15) is 0 Å². The summed E-state index contributed by atoms with van der Waals surface area (Å²) in [6.45, 7) is 10.4. The van der Waals surface area contributed by atoms with Gasteiger partial charge in [0.15, 0.2) is 5.96 Å². The summed E-state index contributed by atoms with van der Waals surface area (Å²) in [5.74, 6) is 1.69. The first-order valence-corrected chi connectivity index (χ1v) is 10.5. The Morgan fingerprint density at radius 3 is 2.54 bits per heavy atom. The van der Waals surface area contributed by atoms with Crippen LogP contribution in [0, 0.1) is 5.41 Å². The molecule has 0 aliphatic carbocycles. The van der Waals surface area contributed by atoms with E-state index in [1.54, 1.807) is 0 Å². The maximum absolute atomic E-state index is 9.41. The molecule has 0 bridgehead atoms. The van der Waals surface area contributed by atoms with Crippen LogP contribution >= 0.6 is 0 Å². The summed E-state index contributed by atoms with van der Waals surface area (Å²) in [6, 6.07) is 8.12. The van der Waals surface area contributed by atoms with Gasteiger partial charge in [-0.15, -0.1) is 0 Å². The fourth-order valence-electron chi connectivity index (χ4n) is 3.04. The number of guanidine groups is 1. The molecule has 1 aromatic carbocycles. The second-order valence-corrected chi connectivity index (χ2v) is 7.53. The van der Waals surface area contributed by atoms with Crippen LogP contribution in [0.25, 0.3) is 0 Å². The van der Waals surface area contributed by atoms with Gasteiger partial charge >= 0.3 is 0 Å². The molecule has 6 heteroatoms. The van der Waals surface area contributed by atoms with Crippen LogP contribution < -0.4 is 15.4 Å². The summed E-state index contributed by atoms with van der Waals surface area (Å²) in [7, 11) is 4.08. The smallest absolute Gasteiger partial charge is 0.191 e. The molecule has 0 aromatic heterocycles. The monoisotopic (exact) mass is 392 g/mol. The third kappa shape index (κ3) is 8.93. The lowest BCUT2D eigenvalue weighted by molar-refractivity contribution is 0.169. The van der Waals surface area contributed by atoms with Crippen molar-refractivity contribution in [2.24, 2.45) is 10.4 Å². The van der Waals surface area contributed by atoms with E-state index in [0.717, 1.165) is 56.2 Å². The number of rotatable bonds is 13. The molecule has 0 unspecified atom stereocenters. The molecule has 0 spiro atoms. The first-order chi connectivity index (χ1) is 13.5. The molecule has 3 N–H and O–H groups in total. The number of aliphatic imine (C=N–C) groups is 1. The second kappa shape index (κ2) is 13.4. The number of benzene rings is 1. The molecule has 1 rings (SSSR count). The van der Waals surface area contributed by atoms with Crippen LogP contribution in [0.3, 0.4) is 0 Å². The molecule has 6 nitrogen and oxygen atoms in total. The van der Waals surface area contributed by atoms with E-state index in [2.05, 4.69) is 48.4 Å². The molecule has 0 fully saturated rings. The topological polar surface area (TPSA) is 69.1 Å². The maximum Gasteiger partial charge on any atom is 0.191 e. The van der Waals surface area contributed by atoms with Gasteiger partial charge < -0.3 is 25.4 Å². The van der Waals surface area contributed by atoms with Crippen LogP contribution in [0.5, 0.6) is 5.75 Å². The third-order valence-electron chi connectivity index (χ3n) is 5.24. The summed E-state index contributed by atoms with van der Waals surface area (Å²) >= 11 is 0. The first-order valence-electron chi connectivity index (χ1n) is 10.5. The van der Waals surface area contributed by atoms with Gasteiger partial charge in [-0.3, -0.25) is 0 Å². The third-order valence-corrected chi connectivity index (χ3v) is 5.24. The van der Waals surface area contributed by atoms with Crippen molar-refractivity contribution in [3.05, 3.63) is 29.8 Å². The SMILES string of the molecule is CCNC(=NCc1cccc(OCCN(C)C)c1)NCC(CC)(CC)CCO. The van der Waals surface area contributed by atoms with Crippen molar-refractivity contribution in [3.63, 3.8) is 0 Å². The highest BCUT2D eigenvalue weighted by Gasteiger charge is 2.25. The Morgan fingerprint density at radius 2 is 1.93 bits per heavy atom. The van der Waals surface area contributed by atoms with Crippen molar-refractivity contribution in [1.82, 2.24) is 15.5 Å². The molecule has 0 aliphatic heterocycles. The minimum atomic E-state index is 0.102. The Morgan fingerprint density at radius 1 is 1.18 bits per heavy atom. The summed E-state index contributed by atoms with van der Waals surface area (Å²) in [6.07, 6.45) is 2.87. The van der Waals surface area contributed by atoms with Gasteiger partial charge in [-0.1, -0.05) is 26.0 Å². The van der Waals surface area contributed by atoms with Gasteiger partial charge in [0.1, 0.15) is 12.4 Å². The van der Waals surface area contributed by atoms with E-state index >= 15 is 0 Å². The number of nitrogens with one attached hydrogen (secondary N) is 2. The fourth-order valence-corrected chi connectivity index (χ4v) is 3.04. The number of hydrogen-bond donors (Lipinski definition) is 3. The van der Waals surface area contributed by atoms with E-state index < -0.39 is 0 Å². The van der Waals surface area contributed by atoms with Gasteiger partial charge in [-0.25, -0.2) is 4.99 Å². The van der Waals surface area contributed by atoms with E-state index in [0.29, 0.717) is 13.2 Å². The summed E-state index contributed by atoms with van der Waals surface area (Å²) < 4.78 is 5.81. The maximum atomic E-state index is 9.41. The lowest BCUT2D eigenvalue weighted by Gasteiger charge is -2.32. The quantitative estimate of drug-likeness (QED) is 0.356. The lowest BCUT2D eigenvalue weighted by Crippen LogP contribution is -2.43. The van der Waals surface area contributed by atoms with Crippen molar-refractivity contribution < 1.29 is 9.84 Å². The average Bonchev–Trinajstić information content (AvgIpc) is 2.69. The number of ether oxygens (including phenoxy) is 1. The molecule has 1 aromatic rings. The molecule has 28 heavy (non-hydrogen) atoms. The van der Waals surface area contributed by atoms with Gasteiger partial charge in [0, 0.05) is 26.2 Å². The number of aliphatic hydroxyl groups excluding tert-OH is 1. The standard InChI is InChI=1S/C22H40N4O2/c1-6-22(7-2,12-14-27)18-25-21(23-8-3)24-17-19-10-9-11-20(16-19)28-15-13-26(4)5/h9-11,16,27H,6-8,12-15,17-18H2,1-5H3,(H2,23,24,25). The number of hydrogen-bond acceptors (Lipinski definition) is 4. The highest BCUT2D eigenvalue weighted by Crippen LogP contribution is 2.29. The predicted octanol–water partition coefficient (Wildman–Crippen LogP) is 2.87. The highest BCUT2D eigenvalue weighted by molar-refractivity contribution is 5.79. The molecule has 0 atom stereocenters. The summed E-state index contributed by atoms with van der Waals surface area (Å²) in [5, 5.41) is 16.2. The van der Waals surface area contributed by atoms with Crippen LogP contribution in [0.15, 0.2) is 29.3 Å². The Bertz CT molecular complexity index is 571. The van der Waals surface area contributed by atoms with Gasteiger partial charge in [0.25, 0.3) is 0 Å². The molecule has 0 heterocycles. The largest absolute Gasteiger partial charge is 0.492 e. The fraction of sp³-hybridized carbons (Fsp3) is 0.682. The van der Waals surface area contributed by atoms with Crippen LogP contribution in [-0.4, -0.2) is 62.9 Å². The summed E-state index contributed by atoms with van der Waals surface area (Å²) in [4.78, 5) is 6.84. The first kappa shape index (κ1) is 24.2. The van der Waals surface area contributed by atoms with Crippen molar-refractivity contribution in [3.8, 4) is 5.75 Å². The molecular weight excluding hydrogens is 352 g/mol. The van der Waals surface area contributed by atoms with E-state index in [1.165, 1.54) is 0 Å².